The van der Waals surface area contributed by atoms with Crippen LogP contribution in [0.3, 0.4) is 0 Å². The largest absolute Gasteiger partial charge is 0.441 e. The van der Waals surface area contributed by atoms with Gasteiger partial charge in [-0.3, -0.25) is 4.79 Å². The Morgan fingerprint density at radius 1 is 1.41 bits per heavy atom. The highest BCUT2D eigenvalue weighted by atomic mass is 35.5. The highest BCUT2D eigenvalue weighted by Crippen LogP contribution is 2.02. The first-order valence-corrected chi connectivity index (χ1v) is 6.83. The molecule has 0 N–H and O–H groups in total. The summed E-state index contributed by atoms with van der Waals surface area (Å²) in [6.07, 6.45) is 0.890. The van der Waals surface area contributed by atoms with Gasteiger partial charge in [-0.05, 0) is 6.92 Å². The van der Waals surface area contributed by atoms with E-state index in [0.717, 1.165) is 20.3 Å². The number of rotatable bonds is 6. The second-order valence-corrected chi connectivity index (χ2v) is 5.57. The molecule has 0 saturated carbocycles. The molecule has 0 aliphatic rings. The first kappa shape index (κ1) is 15.9. The van der Waals surface area contributed by atoms with Crippen LogP contribution in [0.1, 0.15) is 6.92 Å². The summed E-state index contributed by atoms with van der Waals surface area (Å²) < 4.78 is 26.6. The van der Waals surface area contributed by atoms with Gasteiger partial charge in [0.1, 0.15) is 7.11 Å². The molecule has 0 bridgehead atoms. The molecule has 1 unspecified atom stereocenters. The van der Waals surface area contributed by atoms with Crippen molar-refractivity contribution in [3.8, 4) is 0 Å². The molecule has 0 amide bonds. The predicted molar refractivity (Wildman–Crippen MR) is 60.6 cm³/mol. The normalized spacial score (nSPS) is 14.0. The van der Waals surface area contributed by atoms with Crippen LogP contribution in [-0.2, 0) is 29.0 Å². The molecule has 0 aromatic rings. The van der Waals surface area contributed by atoms with Crippen LogP contribution >= 0.6 is 11.6 Å². The van der Waals surface area contributed by atoms with Crippen molar-refractivity contribution < 1.29 is 27.6 Å². The van der Waals surface area contributed by atoms with E-state index in [1.807, 2.05) is 0 Å². The summed E-state index contributed by atoms with van der Waals surface area (Å²) in [5, 5.41) is 3.14. The maximum atomic E-state index is 11.4. The number of ketones is 1. The van der Waals surface area contributed by atoms with Gasteiger partial charge in [-0.15, -0.1) is 11.6 Å². The number of carbonyl (C=O) groups excluding carboxylic acids is 2. The predicted octanol–water partition coefficient (Wildman–Crippen LogP) is -0.269. The lowest BCUT2D eigenvalue weighted by Crippen LogP contribution is -2.32. The quantitative estimate of drug-likeness (QED) is 0.219. The van der Waals surface area contributed by atoms with Crippen LogP contribution in [0.2, 0.25) is 0 Å². The lowest BCUT2D eigenvalue weighted by molar-refractivity contribution is -0.137. The molecule has 7 nitrogen and oxygen atoms in total. The number of oxime groups is 1. The van der Waals surface area contributed by atoms with Crippen molar-refractivity contribution in [3.05, 3.63) is 0 Å². The minimum absolute atomic E-state index is 0.495. The molecular weight excluding hydrogens is 274 g/mol. The third kappa shape index (κ3) is 5.14. The van der Waals surface area contributed by atoms with Crippen molar-refractivity contribution in [2.75, 3.05) is 19.2 Å². The SMILES string of the molecule is CON=C(C(=O)CCl)C(=O)OC(C)S(C)(=O)=O. The fraction of sp³-hybridized carbons (Fsp3) is 0.625. The third-order valence-corrected chi connectivity index (χ3v) is 3.18. The summed E-state index contributed by atoms with van der Waals surface area (Å²) in [6, 6.07) is 0. The number of esters is 1. The number of halogens is 1. The van der Waals surface area contributed by atoms with Gasteiger partial charge >= 0.3 is 5.97 Å². The number of hydrogen-bond donors (Lipinski definition) is 0. The summed E-state index contributed by atoms with van der Waals surface area (Å²) in [7, 11) is -2.44. The fourth-order valence-electron chi connectivity index (χ4n) is 0.651. The van der Waals surface area contributed by atoms with Gasteiger partial charge in [0.15, 0.2) is 15.3 Å². The average molecular weight is 286 g/mol. The van der Waals surface area contributed by atoms with E-state index in [1.54, 1.807) is 0 Å². The van der Waals surface area contributed by atoms with Crippen molar-refractivity contribution >= 4 is 38.9 Å². The van der Waals surface area contributed by atoms with Gasteiger partial charge in [0.05, 0.1) is 5.88 Å². The maximum Gasteiger partial charge on any atom is 0.365 e. The zero-order valence-electron chi connectivity index (χ0n) is 9.47. The number of alkyl halides is 1. The van der Waals surface area contributed by atoms with E-state index in [4.69, 9.17) is 11.6 Å². The maximum absolute atomic E-state index is 11.4. The highest BCUT2D eigenvalue weighted by molar-refractivity contribution is 7.91. The number of carbonyl (C=O) groups is 2. The lowest BCUT2D eigenvalue weighted by Gasteiger charge is -2.10. The molecule has 9 heteroatoms. The molecule has 0 saturated heterocycles. The second kappa shape index (κ2) is 6.55. The Balaban J connectivity index is 4.90. The van der Waals surface area contributed by atoms with Crippen LogP contribution in [0.15, 0.2) is 5.16 Å². The summed E-state index contributed by atoms with van der Waals surface area (Å²) in [6.45, 7) is 1.16. The molecule has 0 heterocycles. The Kier molecular flexibility index (Phi) is 6.11. The standard InChI is InChI=1S/C8H12ClNO6S/c1-5(17(3,13)14)16-8(12)7(10-15-2)6(11)4-9/h5H,4H2,1-3H3. The van der Waals surface area contributed by atoms with Crippen LogP contribution < -0.4 is 0 Å². The minimum atomic E-state index is -3.56. The average Bonchev–Trinajstić information content (AvgIpc) is 2.23. The number of nitrogens with zero attached hydrogens (tertiary/aromatic N) is 1. The smallest absolute Gasteiger partial charge is 0.365 e. The Labute approximate surface area is 104 Å². The first-order valence-electron chi connectivity index (χ1n) is 4.34. The van der Waals surface area contributed by atoms with Crippen molar-refractivity contribution in [3.63, 3.8) is 0 Å². The lowest BCUT2D eigenvalue weighted by atomic mass is 10.3. The molecule has 17 heavy (non-hydrogen) atoms. The van der Waals surface area contributed by atoms with Crippen molar-refractivity contribution in [1.29, 1.82) is 0 Å². The Hall–Kier alpha value is -1.15. The van der Waals surface area contributed by atoms with Crippen LogP contribution in [-0.4, -0.2) is 50.6 Å². The van der Waals surface area contributed by atoms with Crippen LogP contribution in [0, 0.1) is 0 Å². The number of Topliss-reactive ketones (excluding diaryl/α,β-unsaturated/α-hetero) is 1. The van der Waals surface area contributed by atoms with Gasteiger partial charge in [-0.1, -0.05) is 5.16 Å². The van der Waals surface area contributed by atoms with E-state index in [0.29, 0.717) is 0 Å². The van der Waals surface area contributed by atoms with Gasteiger partial charge < -0.3 is 9.57 Å². The molecule has 0 rings (SSSR count). The zero-order valence-corrected chi connectivity index (χ0v) is 11.0. The highest BCUT2D eigenvalue weighted by Gasteiger charge is 2.27. The molecule has 0 aliphatic heterocycles. The molecule has 0 fully saturated rings. The van der Waals surface area contributed by atoms with E-state index < -0.39 is 38.6 Å². The van der Waals surface area contributed by atoms with Crippen LogP contribution in [0.25, 0.3) is 0 Å². The van der Waals surface area contributed by atoms with Crippen LogP contribution in [0.4, 0.5) is 0 Å². The van der Waals surface area contributed by atoms with Gasteiger partial charge in [-0.2, -0.15) is 0 Å². The fourth-order valence-corrected chi connectivity index (χ4v) is 1.04. The summed E-state index contributed by atoms with van der Waals surface area (Å²) >= 11 is 5.24. The summed E-state index contributed by atoms with van der Waals surface area (Å²) in [5.41, 5.74) is -2.07. The zero-order chi connectivity index (χ0) is 13.6. The topological polar surface area (TPSA) is 99.1 Å². The number of ether oxygens (including phenoxy) is 1. The molecule has 0 spiro atoms. The molecule has 98 valence electrons. The van der Waals surface area contributed by atoms with Gasteiger partial charge in [0.25, 0.3) is 0 Å². The number of sulfone groups is 1. The molecule has 1 atom stereocenters. The second-order valence-electron chi connectivity index (χ2n) is 2.98. The van der Waals surface area contributed by atoms with Crippen molar-refractivity contribution in [1.82, 2.24) is 0 Å². The van der Waals surface area contributed by atoms with E-state index >= 15 is 0 Å². The first-order chi connectivity index (χ1) is 7.73. The summed E-state index contributed by atoms with van der Waals surface area (Å²) in [4.78, 5) is 26.9. The third-order valence-electron chi connectivity index (χ3n) is 1.64. The molecule has 0 aliphatic carbocycles. The van der Waals surface area contributed by atoms with Gasteiger partial charge in [0.2, 0.25) is 11.5 Å². The Morgan fingerprint density at radius 3 is 2.29 bits per heavy atom. The molecule has 0 aromatic heterocycles. The molecule has 0 radical (unpaired) electrons. The van der Waals surface area contributed by atoms with Crippen molar-refractivity contribution in [2.45, 2.75) is 12.4 Å². The van der Waals surface area contributed by atoms with E-state index in [2.05, 4.69) is 14.7 Å². The van der Waals surface area contributed by atoms with Gasteiger partial charge in [-0.25, -0.2) is 13.2 Å². The van der Waals surface area contributed by atoms with E-state index in [-0.39, 0.29) is 0 Å². The Bertz CT molecular complexity index is 429. The van der Waals surface area contributed by atoms with Gasteiger partial charge in [0, 0.05) is 6.26 Å². The molecule has 0 aromatic carbocycles. The van der Waals surface area contributed by atoms with Crippen molar-refractivity contribution in [2.24, 2.45) is 5.16 Å². The monoisotopic (exact) mass is 285 g/mol. The van der Waals surface area contributed by atoms with E-state index in [1.165, 1.54) is 0 Å². The minimum Gasteiger partial charge on any atom is -0.441 e. The van der Waals surface area contributed by atoms with Crippen LogP contribution in [0.5, 0.6) is 0 Å². The van der Waals surface area contributed by atoms with E-state index in [9.17, 15) is 18.0 Å². The summed E-state index contributed by atoms with van der Waals surface area (Å²) in [5.74, 6) is -2.51. The molecular formula is C8H12ClNO6S. The number of hydrogen-bond acceptors (Lipinski definition) is 7. The Morgan fingerprint density at radius 2 is 1.94 bits per heavy atom.